The third-order valence-corrected chi connectivity index (χ3v) is 3.97. The highest BCUT2D eigenvalue weighted by atomic mass is 32.1. The van der Waals surface area contributed by atoms with E-state index < -0.39 is 6.10 Å². The van der Waals surface area contributed by atoms with Crippen molar-refractivity contribution < 1.29 is 9.84 Å². The predicted octanol–water partition coefficient (Wildman–Crippen LogP) is 4.18. The van der Waals surface area contributed by atoms with Crippen LogP contribution in [0.4, 0.5) is 0 Å². The zero-order valence-electron chi connectivity index (χ0n) is 11.6. The van der Waals surface area contributed by atoms with Crippen LogP contribution in [0.5, 0.6) is 5.75 Å². The summed E-state index contributed by atoms with van der Waals surface area (Å²) in [5, 5.41) is 12.5. The van der Waals surface area contributed by atoms with Crippen molar-refractivity contribution >= 4 is 11.3 Å². The number of aryl methyl sites for hydroxylation is 1. The third-order valence-electron chi connectivity index (χ3n) is 2.96. The normalized spacial score (nSPS) is 12.7. The summed E-state index contributed by atoms with van der Waals surface area (Å²) in [5.41, 5.74) is 2.10. The Morgan fingerprint density at radius 3 is 2.74 bits per heavy atom. The fourth-order valence-electron chi connectivity index (χ4n) is 2.06. The summed E-state index contributed by atoms with van der Waals surface area (Å²) >= 11 is 1.61. The Morgan fingerprint density at radius 2 is 2.05 bits per heavy atom. The molecular weight excluding hydrogens is 256 g/mol. The predicted molar refractivity (Wildman–Crippen MR) is 80.0 cm³/mol. The van der Waals surface area contributed by atoms with E-state index in [0.29, 0.717) is 0 Å². The third kappa shape index (κ3) is 3.37. The van der Waals surface area contributed by atoms with Gasteiger partial charge in [-0.05, 0) is 55.0 Å². The molecule has 0 bridgehead atoms. The molecule has 1 aromatic carbocycles. The smallest absolute Gasteiger partial charge is 0.120 e. The van der Waals surface area contributed by atoms with Gasteiger partial charge in [0.1, 0.15) is 11.9 Å². The summed E-state index contributed by atoms with van der Waals surface area (Å²) in [5.74, 6) is 0.807. The lowest BCUT2D eigenvalue weighted by molar-refractivity contribution is 0.219. The molecule has 0 fully saturated rings. The first-order valence-corrected chi connectivity index (χ1v) is 7.50. The van der Waals surface area contributed by atoms with E-state index in [2.05, 4.69) is 13.0 Å². The lowest BCUT2D eigenvalue weighted by Gasteiger charge is -2.14. The van der Waals surface area contributed by atoms with Crippen LogP contribution in [-0.4, -0.2) is 11.2 Å². The summed E-state index contributed by atoms with van der Waals surface area (Å²) in [6.07, 6.45) is 0.518. The molecule has 3 heteroatoms. The number of thiophene rings is 1. The van der Waals surface area contributed by atoms with E-state index in [4.69, 9.17) is 4.74 Å². The topological polar surface area (TPSA) is 29.5 Å². The average Bonchev–Trinajstić information content (AvgIpc) is 2.85. The number of hydrogen-bond acceptors (Lipinski definition) is 3. The van der Waals surface area contributed by atoms with Crippen molar-refractivity contribution in [3.05, 3.63) is 51.7 Å². The van der Waals surface area contributed by atoms with Crippen LogP contribution in [0.15, 0.2) is 35.7 Å². The Bertz CT molecular complexity index is 531. The van der Waals surface area contributed by atoms with Crippen LogP contribution in [0.2, 0.25) is 0 Å². The standard InChI is InChI=1S/C16H20O2S/c1-4-12-8-9-19-16(12)15(17)13-6-5-7-14(10-13)18-11(2)3/h5-11,15,17H,4H2,1-3H3. The maximum atomic E-state index is 10.5. The van der Waals surface area contributed by atoms with Gasteiger partial charge in [-0.3, -0.25) is 0 Å². The maximum absolute atomic E-state index is 10.5. The molecule has 0 spiro atoms. The second-order valence-corrected chi connectivity index (χ2v) is 5.75. The number of benzene rings is 1. The van der Waals surface area contributed by atoms with Crippen molar-refractivity contribution in [2.75, 3.05) is 0 Å². The van der Waals surface area contributed by atoms with Crippen LogP contribution in [0, 0.1) is 0 Å². The fourth-order valence-corrected chi connectivity index (χ4v) is 3.07. The van der Waals surface area contributed by atoms with Crippen LogP contribution in [0.1, 0.15) is 42.9 Å². The van der Waals surface area contributed by atoms with Gasteiger partial charge in [0.15, 0.2) is 0 Å². The molecule has 1 N–H and O–H groups in total. The highest BCUT2D eigenvalue weighted by molar-refractivity contribution is 7.10. The minimum absolute atomic E-state index is 0.139. The van der Waals surface area contributed by atoms with Gasteiger partial charge in [-0.25, -0.2) is 0 Å². The fraction of sp³-hybridized carbons (Fsp3) is 0.375. The molecule has 1 unspecified atom stereocenters. The quantitative estimate of drug-likeness (QED) is 0.887. The number of ether oxygens (including phenoxy) is 1. The van der Waals surface area contributed by atoms with Crippen molar-refractivity contribution in [2.24, 2.45) is 0 Å². The monoisotopic (exact) mass is 276 g/mol. The van der Waals surface area contributed by atoms with Crippen molar-refractivity contribution in [3.8, 4) is 5.75 Å². The van der Waals surface area contributed by atoms with Crippen molar-refractivity contribution in [1.82, 2.24) is 0 Å². The molecule has 2 aromatic rings. The molecular formula is C16H20O2S. The summed E-state index contributed by atoms with van der Waals surface area (Å²) < 4.78 is 5.67. The van der Waals surface area contributed by atoms with E-state index in [1.54, 1.807) is 11.3 Å². The molecule has 102 valence electrons. The molecule has 1 atom stereocenters. The maximum Gasteiger partial charge on any atom is 0.120 e. The lowest BCUT2D eigenvalue weighted by atomic mass is 10.0. The van der Waals surface area contributed by atoms with Crippen LogP contribution >= 0.6 is 11.3 Å². The molecule has 0 aliphatic carbocycles. The van der Waals surface area contributed by atoms with E-state index >= 15 is 0 Å². The molecule has 0 saturated heterocycles. The minimum atomic E-state index is -0.564. The van der Waals surface area contributed by atoms with Gasteiger partial charge in [0.25, 0.3) is 0 Å². The Morgan fingerprint density at radius 1 is 1.26 bits per heavy atom. The van der Waals surface area contributed by atoms with E-state index in [0.717, 1.165) is 22.6 Å². The number of hydrogen-bond donors (Lipinski definition) is 1. The SMILES string of the molecule is CCc1ccsc1C(O)c1cccc(OC(C)C)c1. The van der Waals surface area contributed by atoms with E-state index in [9.17, 15) is 5.11 Å². The second kappa shape index (κ2) is 6.22. The number of aliphatic hydroxyl groups excluding tert-OH is 1. The summed E-state index contributed by atoms with van der Waals surface area (Å²) in [7, 11) is 0. The van der Waals surface area contributed by atoms with Crippen LogP contribution in [0.25, 0.3) is 0 Å². The molecule has 0 aliphatic heterocycles. The Hall–Kier alpha value is -1.32. The lowest BCUT2D eigenvalue weighted by Crippen LogP contribution is -2.06. The second-order valence-electron chi connectivity index (χ2n) is 4.81. The Kier molecular flexibility index (Phi) is 4.61. The molecule has 0 saturated carbocycles. The highest BCUT2D eigenvalue weighted by Gasteiger charge is 2.16. The minimum Gasteiger partial charge on any atom is -0.491 e. The molecule has 1 aromatic heterocycles. The van der Waals surface area contributed by atoms with E-state index in [1.165, 1.54) is 5.56 Å². The van der Waals surface area contributed by atoms with Crippen molar-refractivity contribution in [1.29, 1.82) is 0 Å². The van der Waals surface area contributed by atoms with Crippen LogP contribution in [-0.2, 0) is 6.42 Å². The molecule has 0 aliphatic rings. The van der Waals surface area contributed by atoms with Crippen LogP contribution in [0.3, 0.4) is 0 Å². The van der Waals surface area contributed by atoms with Gasteiger partial charge in [0.2, 0.25) is 0 Å². The molecule has 2 rings (SSSR count). The molecule has 2 nitrogen and oxygen atoms in total. The molecule has 0 radical (unpaired) electrons. The first kappa shape index (κ1) is 14.1. The molecule has 0 amide bonds. The van der Waals surface area contributed by atoms with Gasteiger partial charge in [0.05, 0.1) is 6.10 Å². The van der Waals surface area contributed by atoms with Gasteiger partial charge in [-0.2, -0.15) is 0 Å². The zero-order valence-corrected chi connectivity index (χ0v) is 12.4. The van der Waals surface area contributed by atoms with Gasteiger partial charge in [-0.15, -0.1) is 11.3 Å². The van der Waals surface area contributed by atoms with Crippen LogP contribution < -0.4 is 4.74 Å². The van der Waals surface area contributed by atoms with Gasteiger partial charge in [0, 0.05) is 4.88 Å². The van der Waals surface area contributed by atoms with Gasteiger partial charge in [-0.1, -0.05) is 19.1 Å². The van der Waals surface area contributed by atoms with Crippen molar-refractivity contribution in [2.45, 2.75) is 39.4 Å². The average molecular weight is 276 g/mol. The first-order valence-electron chi connectivity index (χ1n) is 6.62. The number of aliphatic hydroxyl groups is 1. The summed E-state index contributed by atoms with van der Waals surface area (Å²) in [6, 6.07) is 9.79. The Labute approximate surface area is 118 Å². The largest absolute Gasteiger partial charge is 0.491 e. The molecule has 1 heterocycles. The molecule has 19 heavy (non-hydrogen) atoms. The zero-order chi connectivity index (χ0) is 13.8. The first-order chi connectivity index (χ1) is 9.11. The summed E-state index contributed by atoms with van der Waals surface area (Å²) in [4.78, 5) is 1.03. The summed E-state index contributed by atoms with van der Waals surface area (Å²) in [6.45, 7) is 6.10. The van der Waals surface area contributed by atoms with E-state index in [1.807, 2.05) is 43.5 Å². The number of rotatable bonds is 5. The van der Waals surface area contributed by atoms with Gasteiger partial charge < -0.3 is 9.84 Å². The Balaban J connectivity index is 2.26. The van der Waals surface area contributed by atoms with Gasteiger partial charge >= 0.3 is 0 Å². The van der Waals surface area contributed by atoms with Crippen molar-refractivity contribution in [3.63, 3.8) is 0 Å². The highest BCUT2D eigenvalue weighted by Crippen LogP contribution is 2.31. The van der Waals surface area contributed by atoms with E-state index in [-0.39, 0.29) is 6.10 Å².